The van der Waals surface area contributed by atoms with E-state index in [1.54, 1.807) is 92.8 Å². The molecule has 2 aromatic carbocycles. The summed E-state index contributed by atoms with van der Waals surface area (Å²) in [6.07, 6.45) is 2.81. The maximum Gasteiger partial charge on any atom is 0.408 e. The summed E-state index contributed by atoms with van der Waals surface area (Å²) in [5, 5.41) is 24.4. The van der Waals surface area contributed by atoms with Crippen molar-refractivity contribution < 1.29 is 75.3 Å². The molecule has 4 rings (SSSR count). The number of nitrogens with one attached hydrogen (secondary N) is 9. The van der Waals surface area contributed by atoms with Gasteiger partial charge in [-0.1, -0.05) is 97.4 Å². The smallest absolute Gasteiger partial charge is 0.408 e. The number of ether oxygens (including phenoxy) is 4. The first-order chi connectivity index (χ1) is 47.4. The van der Waals surface area contributed by atoms with Gasteiger partial charge in [-0.2, -0.15) is 0 Å². The van der Waals surface area contributed by atoms with Gasteiger partial charge in [-0.05, 0) is 127 Å². The van der Waals surface area contributed by atoms with Gasteiger partial charge in [0.1, 0.15) is 46.9 Å². The van der Waals surface area contributed by atoms with Crippen molar-refractivity contribution >= 4 is 86.6 Å². The normalized spacial score (nSPS) is 16.3. The van der Waals surface area contributed by atoms with Crippen LogP contribution >= 0.6 is 11.3 Å². The Hall–Kier alpha value is -8.00. The van der Waals surface area contributed by atoms with Crippen LogP contribution in [0.25, 0.3) is 0 Å². The second kappa shape index (κ2) is 40.6. The molecule has 0 aliphatic carbocycles. The molecule has 11 amide bonds. The van der Waals surface area contributed by atoms with Gasteiger partial charge in [-0.25, -0.2) is 32.5 Å². The Morgan fingerprint density at radius 2 is 1.39 bits per heavy atom. The van der Waals surface area contributed by atoms with Gasteiger partial charge in [0.2, 0.25) is 51.4 Å². The molecule has 1 saturated heterocycles. The molecule has 0 radical (unpaired) electrons. The van der Waals surface area contributed by atoms with Crippen LogP contribution in [0.4, 0.5) is 20.1 Å². The Balaban J connectivity index is 1.38. The number of alkyl carbamates (subject to hydrolysis) is 2. The number of likely N-dealkylation sites (tertiary alicyclic amines) is 1. The molecule has 0 spiro atoms. The highest BCUT2D eigenvalue weighted by Gasteiger charge is 2.44. The Kier molecular flexibility index (Phi) is 34.3. The van der Waals surface area contributed by atoms with Crippen LogP contribution in [0.3, 0.4) is 0 Å². The number of sulfonamides is 1. The molecule has 11 N–H and O–H groups in total. The third-order valence-corrected chi connectivity index (χ3v) is 19.1. The van der Waals surface area contributed by atoms with Crippen molar-refractivity contribution in [3.8, 4) is 0 Å². The monoisotopic (exact) mass is 1450 g/mol. The molecule has 11 atom stereocenters. The third-order valence-electron chi connectivity index (χ3n) is 17.5. The van der Waals surface area contributed by atoms with Crippen LogP contribution < -0.4 is 53.0 Å². The summed E-state index contributed by atoms with van der Waals surface area (Å²) in [5.41, 5.74) is 4.72. The predicted molar refractivity (Wildman–Crippen MR) is 384 cm³/mol. The van der Waals surface area contributed by atoms with Crippen LogP contribution in [0.1, 0.15) is 163 Å². The van der Waals surface area contributed by atoms with E-state index in [-0.39, 0.29) is 74.8 Å². The summed E-state index contributed by atoms with van der Waals surface area (Å²) in [6, 6.07) is 8.95. The van der Waals surface area contributed by atoms with Gasteiger partial charge in [-0.3, -0.25) is 33.6 Å². The lowest BCUT2D eigenvalue weighted by Gasteiger charge is -2.41. The molecule has 3 aromatic rings. The number of hydrogen-bond acceptors (Lipinski definition) is 18. The van der Waals surface area contributed by atoms with E-state index in [1.807, 2.05) is 49.6 Å². The Labute approximate surface area is 599 Å². The zero-order valence-electron chi connectivity index (χ0n) is 61.5. The van der Waals surface area contributed by atoms with Crippen LogP contribution in [0.15, 0.2) is 66.2 Å². The number of methoxy groups -OCH3 is 2. The van der Waals surface area contributed by atoms with Crippen LogP contribution in [0.5, 0.6) is 0 Å². The highest BCUT2D eigenvalue weighted by Crippen LogP contribution is 2.31. The van der Waals surface area contributed by atoms with Crippen molar-refractivity contribution in [2.45, 2.75) is 220 Å². The first kappa shape index (κ1) is 85.4. The number of hydrogen-bond donors (Lipinski definition) is 10. The van der Waals surface area contributed by atoms with E-state index in [4.69, 9.17) is 24.7 Å². The van der Waals surface area contributed by atoms with Gasteiger partial charge in [0.15, 0.2) is 0 Å². The number of unbranched alkanes of at least 4 members (excludes halogenated alkanes) is 1. The number of nitrogens with zero attached hydrogens (tertiary/aromatic N) is 3. The highest BCUT2D eigenvalue weighted by atomic mass is 32.2. The lowest BCUT2D eigenvalue weighted by molar-refractivity contribution is -0.148. The molecule has 564 valence electrons. The lowest BCUT2D eigenvalue weighted by Crippen LogP contribution is -2.62. The molecule has 0 unspecified atom stereocenters. The largest absolute Gasteiger partial charge is 0.445 e. The molecule has 0 bridgehead atoms. The molecule has 1 aliphatic heterocycles. The van der Waals surface area contributed by atoms with E-state index < -0.39 is 135 Å². The van der Waals surface area contributed by atoms with E-state index >= 15 is 0 Å². The standard InChI is InChI=1S/C70H111N13O16S2/c1-17-44(6)57(53(96-14)40-54(84)83-37-24-29-52(83)58(97-15)45(7)59(85)77-51(63-72-36-38-100-63)39-46-25-19-18-20-26-46)82(13)64(89)56(43(4)5)79-65(90)70(11,12)80-68(93)98-41-47-30-32-48(33-31-47)75-60(86)49(28-23-35-73-66(71)91)76-62(88)55(42(2)3)78-61(87)50(81-101(16,94)95)27-21-22-34-74-67(92)99-69(8,9)10/h18-20,25-26,30-33,36,38,42-45,49-53,55-58,81H,17,21-24,27-29,34-35,37,39-41H2,1-16H3,(H,74,92)(H,75,86)(H,76,88)(H,77,85)(H,78,87)(H,79,90)(H,80,93)(H3,71,73,91)/t44-,45+,49-,50+,51-,52-,53+,55-,56-,57-,58+/m0/s1. The fourth-order valence-corrected chi connectivity index (χ4v) is 13.3. The third kappa shape index (κ3) is 28.4. The number of nitrogens with two attached hydrogens (primary N) is 1. The summed E-state index contributed by atoms with van der Waals surface area (Å²) in [7, 11) is 0.757. The van der Waals surface area contributed by atoms with Crippen molar-refractivity contribution in [1.82, 2.24) is 56.7 Å². The minimum absolute atomic E-state index is 0.000731. The number of amides is 11. The second-order valence-corrected chi connectivity index (χ2v) is 30.7. The minimum Gasteiger partial charge on any atom is -0.445 e. The quantitative estimate of drug-likeness (QED) is 0.0295. The summed E-state index contributed by atoms with van der Waals surface area (Å²) in [4.78, 5) is 144. The average Bonchev–Trinajstić information content (AvgIpc) is 1.79. The fraction of sp³-hybridized carbons (Fsp3) is 0.643. The molecule has 1 aromatic heterocycles. The van der Waals surface area contributed by atoms with Gasteiger partial charge in [0, 0.05) is 58.2 Å². The predicted octanol–water partition coefficient (Wildman–Crippen LogP) is 5.93. The summed E-state index contributed by atoms with van der Waals surface area (Å²) in [5.74, 6) is -5.64. The number of rotatable bonds is 40. The van der Waals surface area contributed by atoms with E-state index in [0.717, 1.165) is 16.8 Å². The highest BCUT2D eigenvalue weighted by molar-refractivity contribution is 7.88. The summed E-state index contributed by atoms with van der Waals surface area (Å²) >= 11 is 1.46. The van der Waals surface area contributed by atoms with Gasteiger partial charge >= 0.3 is 18.2 Å². The number of anilines is 1. The molecular formula is C70H111N13O16S2. The van der Waals surface area contributed by atoms with Crippen LogP contribution in [-0.2, 0) is 75.6 Å². The van der Waals surface area contributed by atoms with Gasteiger partial charge in [0.25, 0.3) is 0 Å². The maximum atomic E-state index is 14.8. The molecule has 0 saturated carbocycles. The number of likely N-dealkylation sites (N-methyl/N-ethyl adjacent to an activating group) is 1. The molecule has 29 nitrogen and oxygen atoms in total. The zero-order chi connectivity index (χ0) is 75.5. The number of carbonyl (C=O) groups is 10. The Morgan fingerprint density at radius 1 is 0.743 bits per heavy atom. The minimum atomic E-state index is -3.91. The van der Waals surface area contributed by atoms with Crippen LogP contribution in [0, 0.1) is 23.7 Å². The van der Waals surface area contributed by atoms with Crippen molar-refractivity contribution in [2.24, 2.45) is 29.4 Å². The van der Waals surface area contributed by atoms with Crippen LogP contribution in [-0.4, -0.2) is 190 Å². The van der Waals surface area contributed by atoms with Crippen molar-refractivity contribution in [3.63, 3.8) is 0 Å². The number of aromatic nitrogens is 1. The number of benzene rings is 2. The topological polar surface area (TPSA) is 395 Å². The number of thiazole rings is 1. The number of carbonyl (C=O) groups excluding carboxylic acids is 10. The lowest BCUT2D eigenvalue weighted by atomic mass is 9.89. The van der Waals surface area contributed by atoms with Crippen molar-refractivity contribution in [1.29, 1.82) is 0 Å². The molecular weight excluding hydrogens is 1340 g/mol. The summed E-state index contributed by atoms with van der Waals surface area (Å²) < 4.78 is 49.9. The maximum absolute atomic E-state index is 14.8. The van der Waals surface area contributed by atoms with E-state index in [9.17, 15) is 56.4 Å². The van der Waals surface area contributed by atoms with Gasteiger partial charge in [0.05, 0.1) is 48.9 Å². The molecule has 2 heterocycles. The van der Waals surface area contributed by atoms with E-state index in [2.05, 4.69) is 52.2 Å². The van der Waals surface area contributed by atoms with Gasteiger partial charge < -0.3 is 77.0 Å². The Bertz CT molecular complexity index is 3300. The molecule has 31 heteroatoms. The van der Waals surface area contributed by atoms with E-state index in [1.165, 1.54) is 49.3 Å². The molecule has 1 fully saturated rings. The van der Waals surface area contributed by atoms with E-state index in [0.29, 0.717) is 50.6 Å². The van der Waals surface area contributed by atoms with Crippen molar-refractivity contribution in [3.05, 3.63) is 82.3 Å². The number of primary amides is 1. The molecule has 101 heavy (non-hydrogen) atoms. The Morgan fingerprint density at radius 3 is 1.96 bits per heavy atom. The average molecular weight is 1450 g/mol. The fourth-order valence-electron chi connectivity index (χ4n) is 11.8. The number of urea groups is 1. The van der Waals surface area contributed by atoms with Gasteiger partial charge in [-0.15, -0.1) is 11.3 Å². The summed E-state index contributed by atoms with van der Waals surface area (Å²) in [6.45, 7) is 21.1. The zero-order valence-corrected chi connectivity index (χ0v) is 63.2. The molecule has 1 aliphatic rings. The first-order valence-electron chi connectivity index (χ1n) is 34.5. The first-order valence-corrected chi connectivity index (χ1v) is 37.3. The van der Waals surface area contributed by atoms with Crippen LogP contribution in [0.2, 0.25) is 0 Å². The SMILES string of the molecule is CC[C@H](C)[C@@H]([C@@H](CC(=O)N1CCC[C@H]1[C@H](OC)[C@@H](C)C(=O)N[C@@H](Cc1ccccc1)c1nccs1)OC)N(C)C(=O)[C@@H](NC(=O)C(C)(C)NC(=O)OCc1ccc(NC(=O)[C@H](CCCNC(N)=O)NC(=O)[C@@H](NC(=O)[C@@H](CCCCNC(=O)OC(C)(C)C)NS(C)(=O)=O)C(C)C)cc1)C(C)C. The second-order valence-electron chi connectivity index (χ2n) is 28.0. The van der Waals surface area contributed by atoms with Crippen molar-refractivity contribution in [2.75, 3.05) is 52.5 Å².